The van der Waals surface area contributed by atoms with Crippen LogP contribution in [0.4, 0.5) is 10.1 Å². The Morgan fingerprint density at radius 1 is 1.10 bits per heavy atom. The fraction of sp³-hybridized carbons (Fsp3) is 0.548. The number of hydrogen-bond acceptors (Lipinski definition) is 5. The molecule has 224 valence electrons. The molecular weight excluding hydrogens is 580 g/mol. The summed E-state index contributed by atoms with van der Waals surface area (Å²) >= 11 is 12.6. The number of amides is 3. The van der Waals surface area contributed by atoms with Gasteiger partial charge in [-0.05, 0) is 73.3 Å². The van der Waals surface area contributed by atoms with Gasteiger partial charge in [-0.1, -0.05) is 43.1 Å². The molecule has 2 spiro atoms. The maximum Gasteiger partial charge on any atom is 0.238 e. The molecule has 2 aromatic rings. The number of carbonyl (C=O) groups is 3. The summed E-state index contributed by atoms with van der Waals surface area (Å²) in [6.45, 7) is 4.41. The molecule has 1 aromatic heterocycles. The fourth-order valence-corrected chi connectivity index (χ4v) is 8.26. The van der Waals surface area contributed by atoms with Gasteiger partial charge in [-0.15, -0.1) is 0 Å². The maximum absolute atomic E-state index is 16.0. The SMILES string of the molecule is CN(C)C(=O)C1CC(NC(=O)[C@@H]2NC3(CCC(C)(C)CC3)[C@@]3(C(=O)Nc4cc(Cl)ccc43)[C@H]2c2ccnc(Cl)c2F)C1. The number of fused-ring (bicyclic) bond motifs is 3. The lowest BCUT2D eigenvalue weighted by Crippen LogP contribution is -2.61. The minimum Gasteiger partial charge on any atom is -0.352 e. The predicted octanol–water partition coefficient (Wildman–Crippen LogP) is 4.80. The number of nitrogens with one attached hydrogen (secondary N) is 3. The van der Waals surface area contributed by atoms with Gasteiger partial charge in [0.15, 0.2) is 11.0 Å². The van der Waals surface area contributed by atoms with Crippen LogP contribution in [0.1, 0.15) is 69.4 Å². The highest BCUT2D eigenvalue weighted by Crippen LogP contribution is 2.64. The Hall–Kier alpha value is -2.75. The van der Waals surface area contributed by atoms with E-state index in [1.807, 2.05) is 6.07 Å². The summed E-state index contributed by atoms with van der Waals surface area (Å²) < 4.78 is 16.0. The van der Waals surface area contributed by atoms with Gasteiger partial charge >= 0.3 is 0 Å². The standard InChI is InChI=1S/C31H36Cl2FN5O3/c1-29(2)8-10-30(11-9-29)31(20-6-5-17(32)15-21(20)37-28(31)42)22(19-7-12-35-25(33)23(19)34)24(38-30)26(40)36-18-13-16(14-18)27(41)39(3)4/h5-7,12,15-16,18,22,24,38H,8-11,13-14H2,1-4H3,(H,36,40)(H,37,42)/t16?,18?,22-,24+,31+/m0/s1. The van der Waals surface area contributed by atoms with Crippen LogP contribution in [0.5, 0.6) is 0 Å². The third-order valence-corrected chi connectivity index (χ3v) is 10.7. The number of nitrogens with zero attached hydrogens (tertiary/aromatic N) is 2. The summed E-state index contributed by atoms with van der Waals surface area (Å²) in [5.74, 6) is -2.41. The van der Waals surface area contributed by atoms with Crippen molar-refractivity contribution >= 4 is 46.6 Å². The minimum atomic E-state index is -1.32. The van der Waals surface area contributed by atoms with E-state index in [4.69, 9.17) is 23.2 Å². The molecule has 3 N–H and O–H groups in total. The lowest BCUT2D eigenvalue weighted by atomic mass is 9.53. The second-order valence-electron chi connectivity index (χ2n) is 13.4. The topological polar surface area (TPSA) is 103 Å². The van der Waals surface area contributed by atoms with E-state index in [-0.39, 0.29) is 45.8 Å². The molecule has 4 aliphatic rings. The first-order valence-electron chi connectivity index (χ1n) is 14.5. The van der Waals surface area contributed by atoms with Gasteiger partial charge in [0.25, 0.3) is 0 Å². The Balaban J connectivity index is 1.48. The van der Waals surface area contributed by atoms with Crippen LogP contribution in [0.15, 0.2) is 30.5 Å². The van der Waals surface area contributed by atoms with Crippen molar-refractivity contribution in [3.05, 3.63) is 57.6 Å². The molecular formula is C31H36Cl2FN5O3. The zero-order valence-electron chi connectivity index (χ0n) is 24.2. The van der Waals surface area contributed by atoms with Gasteiger partial charge in [0, 0.05) is 54.4 Å². The fourth-order valence-electron chi connectivity index (χ4n) is 7.92. The summed E-state index contributed by atoms with van der Waals surface area (Å²) in [6, 6.07) is 5.66. The second kappa shape index (κ2) is 10.2. The number of hydrogen-bond donors (Lipinski definition) is 3. The lowest BCUT2D eigenvalue weighted by molar-refractivity contribution is -0.138. The van der Waals surface area contributed by atoms with E-state index in [2.05, 4.69) is 34.8 Å². The van der Waals surface area contributed by atoms with E-state index in [0.29, 0.717) is 42.0 Å². The van der Waals surface area contributed by atoms with E-state index in [0.717, 1.165) is 12.8 Å². The Bertz CT molecular complexity index is 1470. The molecule has 0 radical (unpaired) electrons. The average molecular weight is 617 g/mol. The third-order valence-electron chi connectivity index (χ3n) is 10.2. The van der Waals surface area contributed by atoms with E-state index in [1.54, 1.807) is 31.1 Å². The second-order valence-corrected chi connectivity index (χ2v) is 14.2. The summed E-state index contributed by atoms with van der Waals surface area (Å²) in [4.78, 5) is 46.6. The van der Waals surface area contributed by atoms with Crippen LogP contribution >= 0.6 is 23.2 Å². The van der Waals surface area contributed by atoms with Crippen LogP contribution in [0.2, 0.25) is 10.2 Å². The number of anilines is 1. The molecule has 3 fully saturated rings. The first-order chi connectivity index (χ1) is 19.8. The van der Waals surface area contributed by atoms with Gasteiger partial charge in [0.2, 0.25) is 17.7 Å². The first-order valence-corrected chi connectivity index (χ1v) is 15.3. The molecule has 42 heavy (non-hydrogen) atoms. The molecule has 1 aromatic carbocycles. The number of pyridine rings is 1. The normalized spacial score (nSPS) is 30.5. The zero-order valence-corrected chi connectivity index (χ0v) is 25.7. The summed E-state index contributed by atoms with van der Waals surface area (Å²) in [6.07, 6.45) is 5.32. The molecule has 3 amide bonds. The molecule has 3 heterocycles. The highest BCUT2D eigenvalue weighted by molar-refractivity contribution is 6.31. The largest absolute Gasteiger partial charge is 0.352 e. The molecule has 0 bridgehead atoms. The highest BCUT2D eigenvalue weighted by atomic mass is 35.5. The molecule has 2 saturated carbocycles. The molecule has 8 nitrogen and oxygen atoms in total. The van der Waals surface area contributed by atoms with Crippen LogP contribution in [0.3, 0.4) is 0 Å². The predicted molar refractivity (Wildman–Crippen MR) is 159 cm³/mol. The number of benzene rings is 1. The van der Waals surface area contributed by atoms with Gasteiger partial charge < -0.3 is 15.5 Å². The third kappa shape index (κ3) is 4.34. The van der Waals surface area contributed by atoms with Crippen molar-refractivity contribution in [3.8, 4) is 0 Å². The van der Waals surface area contributed by atoms with Crippen molar-refractivity contribution < 1.29 is 18.8 Å². The van der Waals surface area contributed by atoms with Crippen molar-refractivity contribution in [1.29, 1.82) is 0 Å². The molecule has 6 rings (SSSR count). The number of aromatic nitrogens is 1. The minimum absolute atomic E-state index is 0.0338. The van der Waals surface area contributed by atoms with Crippen LogP contribution in [-0.2, 0) is 19.8 Å². The molecule has 1 saturated heterocycles. The molecule has 11 heteroatoms. The number of halogens is 3. The van der Waals surface area contributed by atoms with E-state index < -0.39 is 28.7 Å². The Morgan fingerprint density at radius 3 is 2.45 bits per heavy atom. The quantitative estimate of drug-likeness (QED) is 0.429. The number of carbonyl (C=O) groups excluding carboxylic acids is 3. The maximum atomic E-state index is 16.0. The zero-order chi connectivity index (χ0) is 30.2. The average Bonchev–Trinajstić information content (AvgIpc) is 3.36. The van der Waals surface area contributed by atoms with E-state index in [1.165, 1.54) is 12.3 Å². The molecule has 3 atom stereocenters. The van der Waals surface area contributed by atoms with Crippen LogP contribution in [-0.4, -0.2) is 59.3 Å². The Morgan fingerprint density at radius 2 is 1.79 bits per heavy atom. The van der Waals surface area contributed by atoms with Crippen LogP contribution in [0.25, 0.3) is 0 Å². The van der Waals surface area contributed by atoms with E-state index in [9.17, 15) is 14.4 Å². The summed E-state index contributed by atoms with van der Waals surface area (Å²) in [5.41, 5.74) is -0.695. The summed E-state index contributed by atoms with van der Waals surface area (Å²) in [5, 5.41) is 9.96. The molecule has 2 aliphatic heterocycles. The van der Waals surface area contributed by atoms with Gasteiger partial charge in [-0.2, -0.15) is 0 Å². The van der Waals surface area contributed by atoms with Gasteiger partial charge in [0.1, 0.15) is 5.41 Å². The molecule has 0 unspecified atom stereocenters. The lowest BCUT2D eigenvalue weighted by Gasteiger charge is -2.50. The van der Waals surface area contributed by atoms with Gasteiger partial charge in [-0.25, -0.2) is 9.37 Å². The summed E-state index contributed by atoms with van der Waals surface area (Å²) in [7, 11) is 3.44. The Kier molecular flexibility index (Phi) is 7.10. The van der Waals surface area contributed by atoms with Crippen LogP contribution in [0, 0.1) is 17.2 Å². The Labute approximate surface area is 255 Å². The highest BCUT2D eigenvalue weighted by Gasteiger charge is 2.73. The number of rotatable bonds is 4. The van der Waals surface area contributed by atoms with Gasteiger partial charge in [-0.3, -0.25) is 19.7 Å². The van der Waals surface area contributed by atoms with Crippen molar-refractivity contribution in [1.82, 2.24) is 20.5 Å². The van der Waals surface area contributed by atoms with Crippen molar-refractivity contribution in [2.75, 3.05) is 19.4 Å². The monoisotopic (exact) mass is 615 g/mol. The molecule has 2 aliphatic carbocycles. The van der Waals surface area contributed by atoms with Crippen molar-refractivity contribution in [2.45, 2.75) is 81.3 Å². The van der Waals surface area contributed by atoms with Crippen LogP contribution < -0.4 is 16.0 Å². The smallest absolute Gasteiger partial charge is 0.238 e. The van der Waals surface area contributed by atoms with Crippen molar-refractivity contribution in [2.24, 2.45) is 11.3 Å². The first kappa shape index (κ1) is 29.3. The van der Waals surface area contributed by atoms with Crippen molar-refractivity contribution in [3.63, 3.8) is 0 Å². The van der Waals surface area contributed by atoms with Gasteiger partial charge in [0.05, 0.1) is 6.04 Å². The van der Waals surface area contributed by atoms with E-state index >= 15 is 4.39 Å².